The normalized spacial score (nSPS) is 21.7. The molecular weight excluding hydrogens is 254 g/mol. The summed E-state index contributed by atoms with van der Waals surface area (Å²) in [7, 11) is 0. The van der Waals surface area contributed by atoms with E-state index in [0.29, 0.717) is 6.04 Å². The second-order valence-electron chi connectivity index (χ2n) is 4.09. The van der Waals surface area contributed by atoms with E-state index >= 15 is 0 Å². The number of hydrogen-bond donors (Lipinski definition) is 0. The van der Waals surface area contributed by atoms with Crippen LogP contribution in [0.2, 0.25) is 0 Å². The number of hydrogen-bond acceptors (Lipinski definition) is 3. The van der Waals surface area contributed by atoms with E-state index in [1.165, 1.54) is 24.8 Å². The van der Waals surface area contributed by atoms with Gasteiger partial charge in [0.1, 0.15) is 0 Å². The summed E-state index contributed by atoms with van der Waals surface area (Å²) in [6.07, 6.45) is 5.64. The van der Waals surface area contributed by atoms with Crippen molar-refractivity contribution in [3.05, 3.63) is 17.8 Å². The number of halogens is 1. The lowest BCUT2D eigenvalue weighted by Crippen LogP contribution is -2.41. The van der Waals surface area contributed by atoms with Gasteiger partial charge in [0.05, 0.1) is 6.20 Å². The van der Waals surface area contributed by atoms with Crippen molar-refractivity contribution in [2.75, 3.05) is 16.8 Å². The van der Waals surface area contributed by atoms with Gasteiger partial charge in [0, 0.05) is 17.9 Å². The van der Waals surface area contributed by atoms with Gasteiger partial charge >= 0.3 is 0 Å². The molecule has 3 nitrogen and oxygen atoms in total. The SMILES string of the molecule is Cc1cnnc(N2CCCCC2CBr)c1. The molecule has 0 N–H and O–H groups in total. The predicted octanol–water partition coefficient (Wildman–Crippen LogP) is 2.54. The molecule has 0 bridgehead atoms. The molecule has 0 radical (unpaired) electrons. The molecule has 15 heavy (non-hydrogen) atoms. The van der Waals surface area contributed by atoms with Gasteiger partial charge in [0.15, 0.2) is 5.82 Å². The molecule has 4 heteroatoms. The van der Waals surface area contributed by atoms with Gasteiger partial charge < -0.3 is 4.90 Å². The largest absolute Gasteiger partial charge is 0.351 e. The van der Waals surface area contributed by atoms with Crippen molar-refractivity contribution in [2.24, 2.45) is 0 Å². The number of rotatable bonds is 2. The van der Waals surface area contributed by atoms with Crippen LogP contribution in [0.25, 0.3) is 0 Å². The smallest absolute Gasteiger partial charge is 0.151 e. The van der Waals surface area contributed by atoms with Gasteiger partial charge in [0.25, 0.3) is 0 Å². The van der Waals surface area contributed by atoms with E-state index in [1.807, 2.05) is 0 Å². The van der Waals surface area contributed by atoms with Crippen molar-refractivity contribution in [1.29, 1.82) is 0 Å². The van der Waals surface area contributed by atoms with Crippen LogP contribution in [0.1, 0.15) is 24.8 Å². The highest BCUT2D eigenvalue weighted by Crippen LogP contribution is 2.24. The summed E-state index contributed by atoms with van der Waals surface area (Å²) in [6.45, 7) is 3.17. The molecule has 2 heterocycles. The third-order valence-electron chi connectivity index (χ3n) is 2.88. The highest BCUT2D eigenvalue weighted by atomic mass is 79.9. The zero-order valence-corrected chi connectivity index (χ0v) is 10.6. The summed E-state index contributed by atoms with van der Waals surface area (Å²) in [5.41, 5.74) is 1.18. The molecule has 0 aromatic carbocycles. The molecule has 1 aliphatic rings. The van der Waals surface area contributed by atoms with Crippen molar-refractivity contribution < 1.29 is 0 Å². The minimum Gasteiger partial charge on any atom is -0.351 e. The van der Waals surface area contributed by atoms with E-state index in [-0.39, 0.29) is 0 Å². The van der Waals surface area contributed by atoms with Crippen LogP contribution in [0, 0.1) is 6.92 Å². The molecule has 0 spiro atoms. The van der Waals surface area contributed by atoms with Crippen LogP contribution in [0.5, 0.6) is 0 Å². The summed E-state index contributed by atoms with van der Waals surface area (Å²) in [5.74, 6) is 1.03. The Hall–Kier alpha value is -0.640. The lowest BCUT2D eigenvalue weighted by Gasteiger charge is -2.35. The maximum absolute atomic E-state index is 4.22. The van der Waals surface area contributed by atoms with Gasteiger partial charge in [-0.1, -0.05) is 15.9 Å². The van der Waals surface area contributed by atoms with Gasteiger partial charge in [-0.3, -0.25) is 0 Å². The van der Waals surface area contributed by atoms with E-state index < -0.39 is 0 Å². The molecule has 1 fully saturated rings. The van der Waals surface area contributed by atoms with Crippen molar-refractivity contribution in [1.82, 2.24) is 10.2 Å². The molecule has 0 saturated carbocycles. The van der Waals surface area contributed by atoms with Gasteiger partial charge in [0.2, 0.25) is 0 Å². The number of anilines is 1. The lowest BCUT2D eigenvalue weighted by atomic mass is 10.0. The first-order valence-electron chi connectivity index (χ1n) is 5.43. The molecule has 1 aromatic heterocycles. The van der Waals surface area contributed by atoms with Crippen molar-refractivity contribution in [3.63, 3.8) is 0 Å². The maximum Gasteiger partial charge on any atom is 0.151 e. The minimum absolute atomic E-state index is 0.579. The van der Waals surface area contributed by atoms with Crippen LogP contribution in [-0.4, -0.2) is 28.1 Å². The minimum atomic E-state index is 0.579. The number of piperidine rings is 1. The fourth-order valence-electron chi connectivity index (χ4n) is 2.05. The third kappa shape index (κ3) is 2.48. The number of aromatic nitrogens is 2. The first kappa shape index (κ1) is 10.9. The van der Waals surface area contributed by atoms with Gasteiger partial charge in [-0.15, -0.1) is 5.10 Å². The Morgan fingerprint density at radius 2 is 2.40 bits per heavy atom. The molecule has 0 amide bonds. The molecular formula is C11H16BrN3. The monoisotopic (exact) mass is 269 g/mol. The second-order valence-corrected chi connectivity index (χ2v) is 4.74. The second kappa shape index (κ2) is 4.92. The van der Waals surface area contributed by atoms with Crippen molar-refractivity contribution in [3.8, 4) is 0 Å². The molecule has 0 aliphatic carbocycles. The first-order chi connectivity index (χ1) is 7.31. The fourth-order valence-corrected chi connectivity index (χ4v) is 2.73. The highest BCUT2D eigenvalue weighted by molar-refractivity contribution is 9.09. The first-order valence-corrected chi connectivity index (χ1v) is 6.55. The summed E-state index contributed by atoms with van der Waals surface area (Å²) < 4.78 is 0. The quantitative estimate of drug-likeness (QED) is 0.773. The Balaban J connectivity index is 2.20. The van der Waals surface area contributed by atoms with Crippen molar-refractivity contribution in [2.45, 2.75) is 32.2 Å². The highest BCUT2D eigenvalue weighted by Gasteiger charge is 2.22. The summed E-state index contributed by atoms with van der Waals surface area (Å²) in [5, 5.41) is 9.25. The van der Waals surface area contributed by atoms with Crippen LogP contribution in [0.4, 0.5) is 5.82 Å². The molecule has 2 rings (SSSR count). The van der Waals surface area contributed by atoms with Crippen LogP contribution < -0.4 is 4.90 Å². The summed E-state index contributed by atoms with van der Waals surface area (Å²) in [6, 6.07) is 2.70. The Kier molecular flexibility index (Phi) is 3.57. The van der Waals surface area contributed by atoms with Gasteiger partial charge in [-0.2, -0.15) is 5.10 Å². The van der Waals surface area contributed by atoms with Gasteiger partial charge in [-0.25, -0.2) is 0 Å². The lowest BCUT2D eigenvalue weighted by molar-refractivity contribution is 0.486. The van der Waals surface area contributed by atoms with Crippen LogP contribution in [-0.2, 0) is 0 Å². The number of aryl methyl sites for hydroxylation is 1. The average molecular weight is 270 g/mol. The topological polar surface area (TPSA) is 29.0 Å². The summed E-state index contributed by atoms with van der Waals surface area (Å²) >= 11 is 3.58. The average Bonchev–Trinajstić information content (AvgIpc) is 2.29. The third-order valence-corrected chi connectivity index (χ3v) is 3.63. The van der Waals surface area contributed by atoms with E-state index in [2.05, 4.69) is 44.0 Å². The Morgan fingerprint density at radius 3 is 3.13 bits per heavy atom. The Morgan fingerprint density at radius 1 is 1.53 bits per heavy atom. The van der Waals surface area contributed by atoms with Crippen LogP contribution in [0.15, 0.2) is 12.3 Å². The molecule has 1 aliphatic heterocycles. The molecule has 82 valence electrons. The Bertz CT molecular complexity index is 329. The summed E-state index contributed by atoms with van der Waals surface area (Å²) in [4.78, 5) is 2.37. The van der Waals surface area contributed by atoms with Crippen molar-refractivity contribution >= 4 is 21.7 Å². The van der Waals surface area contributed by atoms with Crippen LogP contribution >= 0.6 is 15.9 Å². The standard InChI is InChI=1S/C11H16BrN3/c1-9-6-11(14-13-8-9)15-5-3-2-4-10(15)7-12/h6,8,10H,2-5,7H2,1H3. The van der Waals surface area contributed by atoms with E-state index in [1.54, 1.807) is 6.20 Å². The molecule has 1 aromatic rings. The van der Waals surface area contributed by atoms with E-state index in [4.69, 9.17) is 0 Å². The maximum atomic E-state index is 4.22. The Labute approximate surface area is 99.0 Å². The number of alkyl halides is 1. The zero-order chi connectivity index (χ0) is 10.7. The van der Waals surface area contributed by atoms with E-state index in [0.717, 1.165) is 17.7 Å². The molecule has 1 unspecified atom stereocenters. The molecule has 1 saturated heterocycles. The molecule has 1 atom stereocenters. The number of nitrogens with zero attached hydrogens (tertiary/aromatic N) is 3. The van der Waals surface area contributed by atoms with Gasteiger partial charge in [-0.05, 0) is 37.8 Å². The predicted molar refractivity (Wildman–Crippen MR) is 65.5 cm³/mol. The van der Waals surface area contributed by atoms with Crippen LogP contribution in [0.3, 0.4) is 0 Å². The fraction of sp³-hybridized carbons (Fsp3) is 0.636. The van der Waals surface area contributed by atoms with E-state index in [9.17, 15) is 0 Å². The zero-order valence-electron chi connectivity index (χ0n) is 8.99.